The zero-order valence-electron chi connectivity index (χ0n) is 16.7. The van der Waals surface area contributed by atoms with E-state index in [4.69, 9.17) is 9.84 Å². The van der Waals surface area contributed by atoms with Crippen LogP contribution in [-0.2, 0) is 9.59 Å². The van der Waals surface area contributed by atoms with E-state index >= 15 is 0 Å². The van der Waals surface area contributed by atoms with Crippen LogP contribution in [0.5, 0.6) is 5.75 Å². The number of benzene rings is 1. The molecule has 5 nitrogen and oxygen atoms in total. The summed E-state index contributed by atoms with van der Waals surface area (Å²) >= 11 is 0. The second-order valence-electron chi connectivity index (χ2n) is 7.59. The summed E-state index contributed by atoms with van der Waals surface area (Å²) in [4.78, 5) is 22.7. The first-order valence-electron chi connectivity index (χ1n) is 10.3. The third kappa shape index (κ3) is 7.47. The first kappa shape index (κ1) is 22.2. The summed E-state index contributed by atoms with van der Waals surface area (Å²) in [7, 11) is 0. The van der Waals surface area contributed by atoms with Crippen LogP contribution in [0.25, 0.3) is 0 Å². The fraction of sp³-hybridized carbons (Fsp3) is 0.565. The van der Waals surface area contributed by atoms with Crippen LogP contribution in [0.3, 0.4) is 0 Å². The van der Waals surface area contributed by atoms with E-state index in [-0.39, 0.29) is 24.2 Å². The number of ketones is 1. The molecule has 0 fully saturated rings. The van der Waals surface area contributed by atoms with Gasteiger partial charge in [-0.1, -0.05) is 49.1 Å². The molecule has 1 aliphatic rings. The first-order chi connectivity index (χ1) is 13.5. The van der Waals surface area contributed by atoms with Gasteiger partial charge in [-0.05, 0) is 44.7 Å². The van der Waals surface area contributed by atoms with Crippen molar-refractivity contribution in [2.24, 2.45) is 5.92 Å². The Hall–Kier alpha value is -2.14. The van der Waals surface area contributed by atoms with E-state index in [2.05, 4.69) is 0 Å². The smallest absolute Gasteiger partial charge is 0.303 e. The zero-order valence-corrected chi connectivity index (χ0v) is 16.7. The summed E-state index contributed by atoms with van der Waals surface area (Å²) in [5.41, 5.74) is 1.14. The van der Waals surface area contributed by atoms with E-state index in [9.17, 15) is 14.7 Å². The maximum Gasteiger partial charge on any atom is 0.303 e. The Balaban J connectivity index is 1.71. The summed E-state index contributed by atoms with van der Waals surface area (Å²) in [6.45, 7) is 1.86. The highest BCUT2D eigenvalue weighted by Gasteiger charge is 2.27. The minimum absolute atomic E-state index is 0.0305. The van der Waals surface area contributed by atoms with Crippen molar-refractivity contribution in [1.82, 2.24) is 0 Å². The van der Waals surface area contributed by atoms with Gasteiger partial charge in [-0.3, -0.25) is 9.59 Å². The Morgan fingerprint density at radius 1 is 1.18 bits per heavy atom. The molecular weight excluding hydrogens is 356 g/mol. The molecule has 0 radical (unpaired) electrons. The van der Waals surface area contributed by atoms with Crippen molar-refractivity contribution in [3.05, 3.63) is 42.0 Å². The van der Waals surface area contributed by atoms with Gasteiger partial charge in [-0.15, -0.1) is 0 Å². The average molecular weight is 389 g/mol. The van der Waals surface area contributed by atoms with E-state index in [0.29, 0.717) is 25.7 Å². The van der Waals surface area contributed by atoms with E-state index in [1.54, 1.807) is 0 Å². The van der Waals surface area contributed by atoms with Gasteiger partial charge in [0.05, 0.1) is 6.10 Å². The minimum atomic E-state index is -0.750. The molecule has 0 aliphatic heterocycles. The molecule has 1 aromatic rings. The minimum Gasteiger partial charge on any atom is -0.488 e. The zero-order chi connectivity index (χ0) is 20.4. The lowest BCUT2D eigenvalue weighted by Gasteiger charge is -2.22. The molecule has 0 aromatic heterocycles. The number of carbonyl (C=O) groups is 2. The van der Waals surface area contributed by atoms with E-state index < -0.39 is 12.1 Å². The number of aliphatic carboxylic acids is 1. The highest BCUT2D eigenvalue weighted by molar-refractivity contribution is 5.88. The monoisotopic (exact) mass is 388 g/mol. The van der Waals surface area contributed by atoms with Gasteiger partial charge in [0.1, 0.15) is 17.6 Å². The van der Waals surface area contributed by atoms with Crippen LogP contribution >= 0.6 is 0 Å². The highest BCUT2D eigenvalue weighted by Crippen LogP contribution is 2.31. The quantitative estimate of drug-likeness (QED) is 0.383. The van der Waals surface area contributed by atoms with E-state index in [1.807, 2.05) is 43.3 Å². The molecule has 0 spiro atoms. The number of para-hydroxylation sites is 1. The summed E-state index contributed by atoms with van der Waals surface area (Å²) < 4.78 is 5.78. The van der Waals surface area contributed by atoms with Gasteiger partial charge in [0, 0.05) is 18.8 Å². The molecule has 2 rings (SSSR count). The Labute approximate surface area is 167 Å². The fourth-order valence-corrected chi connectivity index (χ4v) is 3.67. The number of Topliss-reactive ketones (excluding diaryl/α,β-unsaturated/α-hetero) is 1. The molecule has 3 atom stereocenters. The Morgan fingerprint density at radius 2 is 1.89 bits per heavy atom. The number of hydrogen-bond acceptors (Lipinski definition) is 4. The van der Waals surface area contributed by atoms with Crippen molar-refractivity contribution >= 4 is 11.8 Å². The number of carbonyl (C=O) groups excluding carboxylic acids is 1. The number of ether oxygens (including phenoxy) is 1. The largest absolute Gasteiger partial charge is 0.488 e. The lowest BCUT2D eigenvalue weighted by atomic mass is 9.90. The number of carboxylic acids is 1. The van der Waals surface area contributed by atoms with Crippen molar-refractivity contribution < 1.29 is 24.5 Å². The van der Waals surface area contributed by atoms with Gasteiger partial charge < -0.3 is 14.9 Å². The third-order valence-corrected chi connectivity index (χ3v) is 5.37. The highest BCUT2D eigenvalue weighted by atomic mass is 16.5. The Bertz CT molecular complexity index is 652. The molecule has 1 aromatic carbocycles. The Kier molecular flexibility index (Phi) is 9.21. The van der Waals surface area contributed by atoms with Crippen LogP contribution in [0.2, 0.25) is 0 Å². The van der Waals surface area contributed by atoms with Gasteiger partial charge in [-0.25, -0.2) is 0 Å². The van der Waals surface area contributed by atoms with Crippen LogP contribution in [0.4, 0.5) is 0 Å². The predicted molar refractivity (Wildman–Crippen MR) is 108 cm³/mol. The molecule has 1 aliphatic carbocycles. The van der Waals surface area contributed by atoms with Gasteiger partial charge >= 0.3 is 5.97 Å². The molecule has 0 heterocycles. The molecule has 0 saturated heterocycles. The maximum absolute atomic E-state index is 12.2. The normalized spacial score (nSPS) is 18.6. The van der Waals surface area contributed by atoms with Crippen LogP contribution in [0.15, 0.2) is 42.0 Å². The molecule has 0 saturated carbocycles. The van der Waals surface area contributed by atoms with Gasteiger partial charge in [0.2, 0.25) is 0 Å². The van der Waals surface area contributed by atoms with Crippen molar-refractivity contribution in [2.75, 3.05) is 0 Å². The number of rotatable bonds is 13. The lowest BCUT2D eigenvalue weighted by Crippen LogP contribution is -2.29. The van der Waals surface area contributed by atoms with Gasteiger partial charge in [0.15, 0.2) is 0 Å². The SMILES string of the molecule is CC(Oc1ccccc1)[C@@H](O)CCC1=CCC(=O)[C@@H]1CCCCCCC(=O)O. The van der Waals surface area contributed by atoms with Crippen LogP contribution in [0, 0.1) is 5.92 Å². The first-order valence-corrected chi connectivity index (χ1v) is 10.3. The summed E-state index contributed by atoms with van der Waals surface area (Å²) in [5.74, 6) is 0.228. The van der Waals surface area contributed by atoms with Crippen molar-refractivity contribution in [3.63, 3.8) is 0 Å². The molecule has 154 valence electrons. The van der Waals surface area contributed by atoms with Gasteiger partial charge in [-0.2, -0.15) is 0 Å². The predicted octanol–water partition coefficient (Wildman–Crippen LogP) is 4.54. The average Bonchev–Trinajstić information content (AvgIpc) is 3.02. The summed E-state index contributed by atoms with van der Waals surface area (Å²) in [6.07, 6.45) is 7.40. The molecule has 2 N–H and O–H groups in total. The second kappa shape index (κ2) is 11.6. The van der Waals surface area contributed by atoms with Crippen molar-refractivity contribution in [1.29, 1.82) is 0 Å². The summed E-state index contributed by atoms with van der Waals surface area (Å²) in [6, 6.07) is 9.46. The van der Waals surface area contributed by atoms with E-state index in [1.165, 1.54) is 0 Å². The van der Waals surface area contributed by atoms with Crippen LogP contribution in [-0.4, -0.2) is 34.2 Å². The number of allylic oxidation sites excluding steroid dienone is 2. The van der Waals surface area contributed by atoms with Crippen LogP contribution in [0.1, 0.15) is 64.7 Å². The van der Waals surface area contributed by atoms with Crippen molar-refractivity contribution in [3.8, 4) is 5.75 Å². The van der Waals surface area contributed by atoms with Crippen molar-refractivity contribution in [2.45, 2.75) is 76.9 Å². The lowest BCUT2D eigenvalue weighted by molar-refractivity contribution is -0.137. The van der Waals surface area contributed by atoms with Gasteiger partial charge in [0.25, 0.3) is 0 Å². The fourth-order valence-electron chi connectivity index (χ4n) is 3.67. The molecule has 1 unspecified atom stereocenters. The molecule has 0 bridgehead atoms. The molecule has 0 amide bonds. The molecular formula is C23H32O5. The number of aliphatic hydroxyl groups excluding tert-OH is 1. The number of hydrogen-bond donors (Lipinski definition) is 2. The number of aliphatic hydroxyl groups is 1. The Morgan fingerprint density at radius 3 is 2.61 bits per heavy atom. The van der Waals surface area contributed by atoms with Crippen LogP contribution < -0.4 is 4.74 Å². The number of carboxylic acid groups (broad SMARTS) is 1. The maximum atomic E-state index is 12.2. The molecule has 28 heavy (non-hydrogen) atoms. The third-order valence-electron chi connectivity index (χ3n) is 5.37. The topological polar surface area (TPSA) is 83.8 Å². The second-order valence-corrected chi connectivity index (χ2v) is 7.59. The number of unbranched alkanes of at least 4 members (excludes halogenated alkanes) is 3. The summed E-state index contributed by atoms with van der Waals surface area (Å²) in [5, 5.41) is 19.1. The molecule has 5 heteroatoms. The van der Waals surface area contributed by atoms with E-state index in [0.717, 1.165) is 37.0 Å². The standard InChI is InChI=1S/C23H32O5/c1-17(28-19-9-5-4-6-10-19)21(24)15-13-18-14-16-22(25)20(18)11-7-2-3-8-12-23(26)27/h4-6,9-10,14,17,20-21,24H,2-3,7-8,11-13,15-16H2,1H3,(H,26,27)/t17?,20-,21+/m1/s1.